The van der Waals surface area contributed by atoms with Gasteiger partial charge in [-0.2, -0.15) is 43.6 Å². The standard InChI is InChI=1S/C23H20N8O2.C21H19FN6O2.C20H16ClFN6O2.C20H17ClN6O3/c32-21-11-14(23(33)29-21)10-15-13-25-31-20(27-17-2-3-17)12-19(28-22(15)31)26-16-4-6-18(7-5-16)30-9-1-8-24-30;1-11-15(22)3-2-4-16(11)25-17-9-18(24-14-5-6-14)28-20(26-17)13(10-23-28)7-12-8-19(29)27-21(12)30;21-12-5-13(22)7-15(6-12)24-16-8-17(25-14-1-2-14)28-19(26-16)11(9-23-28)3-10-4-18(29)27-20(10)30;21-14-7-13(28)3-4-15(14)24-16-8-17(23-12-1-2-12)27-19(25-16)11(9-22-27)5-10-6-18(29)26-20(10)30/h1,4-10,12-13,17,27H,2-3,11H2,(H,26,28)(H,29,32,33);2-4,7,9-10,14,24H,5-6,8H2,1H3,(H,25,26)(H,27,29,30);3,5-9,14,25H,1-2,4H2,(H,24,26)(H,27,29,30);3-5,7-9,12,23,28H,1-2,6H2,(H,24,25)(H,26,29,30)/b14-10+;12-7+;10-3+;10-5+. The summed E-state index contributed by atoms with van der Waals surface area (Å²) in [5.74, 6) is 1.59. The maximum Gasteiger partial charge on any atom is 0.254 e. The summed E-state index contributed by atoms with van der Waals surface area (Å²) >= 11 is 12.2. The highest BCUT2D eigenvalue weighted by molar-refractivity contribution is 6.33. The molecule has 21 rings (SSSR count). The van der Waals surface area contributed by atoms with E-state index in [9.17, 15) is 52.2 Å². The van der Waals surface area contributed by atoms with Crippen LogP contribution in [-0.2, 0) is 38.4 Å². The van der Waals surface area contributed by atoms with E-state index < -0.39 is 23.5 Å². The lowest BCUT2D eigenvalue weighted by molar-refractivity contribution is -0.125. The zero-order valence-electron chi connectivity index (χ0n) is 64.9. The Bertz CT molecular complexity index is 6660. The van der Waals surface area contributed by atoms with E-state index in [-0.39, 0.29) is 71.8 Å². The third-order valence-electron chi connectivity index (χ3n) is 20.4. The molecule has 8 aliphatic rings. The van der Waals surface area contributed by atoms with E-state index in [1.807, 2.05) is 54.7 Å². The predicted molar refractivity (Wildman–Crippen MR) is 454 cm³/mol. The van der Waals surface area contributed by atoms with Crippen LogP contribution in [0.4, 0.5) is 78.1 Å². The number of hydrogen-bond acceptors (Lipinski definition) is 26. The molecule has 13 N–H and O–H groups in total. The van der Waals surface area contributed by atoms with Crippen LogP contribution in [-0.4, -0.2) is 145 Å². The van der Waals surface area contributed by atoms with Crippen molar-refractivity contribution >= 4 is 187 Å². The van der Waals surface area contributed by atoms with Gasteiger partial charge in [-0.25, -0.2) is 33.4 Å². The molecule has 39 heteroatoms. The number of rotatable bonds is 21. The van der Waals surface area contributed by atoms with Gasteiger partial charge in [0.15, 0.2) is 22.6 Å². The Kier molecular flexibility index (Phi) is 21.3. The third-order valence-corrected chi connectivity index (χ3v) is 20.9. The Hall–Kier alpha value is -15.3. The fraction of sp³-hybridized carbons (Fsp3) is 0.202. The molecule has 0 spiro atoms. The Morgan fingerprint density at radius 2 is 0.805 bits per heavy atom. The van der Waals surface area contributed by atoms with Crippen molar-refractivity contribution in [2.45, 2.75) is 108 Å². The summed E-state index contributed by atoms with van der Waals surface area (Å²) in [7, 11) is 0. The molecule has 4 saturated heterocycles. The monoisotopic (exact) mass is 1700 g/mol. The fourth-order valence-corrected chi connectivity index (χ4v) is 14.1. The van der Waals surface area contributed by atoms with E-state index in [0.29, 0.717) is 148 Å². The second-order valence-electron chi connectivity index (χ2n) is 30.2. The van der Waals surface area contributed by atoms with Gasteiger partial charge in [0.2, 0.25) is 23.6 Å². The summed E-state index contributed by atoms with van der Waals surface area (Å²) in [5, 5.41) is 67.7. The van der Waals surface area contributed by atoms with Gasteiger partial charge >= 0.3 is 0 Å². The first-order chi connectivity index (χ1) is 59.5. The van der Waals surface area contributed by atoms with E-state index in [0.717, 1.165) is 80.2 Å². The molecule has 123 heavy (non-hydrogen) atoms. The minimum atomic E-state index is -0.464. The normalized spacial score (nSPS) is 17.4. The van der Waals surface area contributed by atoms with E-state index >= 15 is 0 Å². The van der Waals surface area contributed by atoms with Crippen molar-refractivity contribution in [3.8, 4) is 11.4 Å². The minimum absolute atomic E-state index is 0.0170. The summed E-state index contributed by atoms with van der Waals surface area (Å²) in [4.78, 5) is 112. The smallest absolute Gasteiger partial charge is 0.254 e. The van der Waals surface area contributed by atoms with Crippen LogP contribution in [0.15, 0.2) is 169 Å². The topological polar surface area (TPSA) is 440 Å². The first kappa shape index (κ1) is 78.9. The summed E-state index contributed by atoms with van der Waals surface area (Å²) < 4.78 is 36.2. The number of hydrogen-bond donors (Lipinski definition) is 13. The molecule has 13 heterocycles. The molecule has 8 fully saturated rings. The summed E-state index contributed by atoms with van der Waals surface area (Å²) in [6, 6.07) is 32.2. The Morgan fingerprint density at radius 1 is 0.423 bits per heavy atom. The Labute approximate surface area is 704 Å². The minimum Gasteiger partial charge on any atom is -0.508 e. The largest absolute Gasteiger partial charge is 0.508 e. The summed E-state index contributed by atoms with van der Waals surface area (Å²) in [6.07, 6.45) is 25.5. The molecule has 4 aromatic carbocycles. The van der Waals surface area contributed by atoms with Crippen LogP contribution < -0.4 is 63.8 Å². The van der Waals surface area contributed by atoms with Gasteiger partial charge in [0.1, 0.15) is 63.9 Å². The SMILES string of the molecule is Cc1c(F)cccc1Nc1cc(NC2CC2)n2ncc(/C=C3\CC(=O)NC3=O)c2n1.O=C1C/C(=C\c2cnn3c(NC4CC4)cc(Nc4cc(F)cc(Cl)c4)nc23)C(=O)N1.O=C1C/C(=C\c2cnn3c(NC4CC4)cc(Nc4ccc(-n5cccn5)cc4)nc23)C(=O)N1.O=C1C/C(=C\c2cnn3c(NC4CC4)cc(Nc4ccc(O)cc4Cl)nc23)C(=O)N1. The van der Waals surface area contributed by atoms with E-state index in [4.69, 9.17) is 28.2 Å². The van der Waals surface area contributed by atoms with Gasteiger partial charge in [-0.15, -0.1) is 0 Å². The molecule has 4 saturated carbocycles. The second-order valence-corrected chi connectivity index (χ2v) is 31.1. The average molecular weight is 1700 g/mol. The highest BCUT2D eigenvalue weighted by atomic mass is 35.5. The van der Waals surface area contributed by atoms with Gasteiger partial charge < -0.3 is 47.6 Å². The van der Waals surface area contributed by atoms with Gasteiger partial charge in [0.25, 0.3) is 23.6 Å². The van der Waals surface area contributed by atoms with Crippen LogP contribution >= 0.6 is 23.2 Å². The summed E-state index contributed by atoms with van der Waals surface area (Å²) in [6.45, 7) is 1.70. The van der Waals surface area contributed by atoms with Crippen LogP contribution in [0, 0.1) is 18.6 Å². The number of aromatic nitrogens is 14. The van der Waals surface area contributed by atoms with Gasteiger partial charge in [-0.3, -0.25) is 59.6 Å². The molecule has 13 aromatic rings. The molecule has 8 amide bonds. The lowest BCUT2D eigenvalue weighted by Crippen LogP contribution is -2.19. The number of amides is 8. The van der Waals surface area contributed by atoms with Crippen LogP contribution in [0.1, 0.15) is 105 Å². The number of anilines is 12. The summed E-state index contributed by atoms with van der Waals surface area (Å²) in [5.41, 5.74) is 10.1. The van der Waals surface area contributed by atoms with Crippen molar-refractivity contribution in [1.29, 1.82) is 0 Å². The molecule has 4 aliphatic heterocycles. The first-order valence-corrected chi connectivity index (χ1v) is 39.9. The lowest BCUT2D eigenvalue weighted by Gasteiger charge is -2.13. The zero-order valence-corrected chi connectivity index (χ0v) is 66.5. The average Bonchev–Trinajstić information content (AvgIpc) is 1.65. The van der Waals surface area contributed by atoms with Crippen LogP contribution in [0.5, 0.6) is 5.75 Å². The number of nitrogens with zero attached hydrogens (tertiary/aromatic N) is 14. The van der Waals surface area contributed by atoms with Crippen molar-refractivity contribution in [3.63, 3.8) is 0 Å². The molecule has 0 radical (unpaired) electrons. The molecular formula is C84H72Cl2F2N26O9. The first-order valence-electron chi connectivity index (χ1n) is 39.2. The van der Waals surface area contributed by atoms with Crippen LogP contribution in [0.3, 0.4) is 0 Å². The molecule has 4 aliphatic carbocycles. The molecule has 9 aromatic heterocycles. The van der Waals surface area contributed by atoms with E-state index in [2.05, 4.69) is 104 Å². The number of imide groups is 4. The third kappa shape index (κ3) is 18.3. The number of benzene rings is 4. The molecule has 0 bridgehead atoms. The quantitative estimate of drug-likeness (QED) is 0.0180. The molecular weight excluding hydrogens is 1630 g/mol. The van der Waals surface area contributed by atoms with Crippen molar-refractivity contribution in [3.05, 3.63) is 218 Å². The van der Waals surface area contributed by atoms with E-state index in [1.165, 1.54) is 30.3 Å². The number of phenols is 1. The number of carbonyl (C=O) groups excluding carboxylic acids is 8. The number of fused-ring (bicyclic) bond motifs is 4. The molecule has 35 nitrogen and oxygen atoms in total. The maximum atomic E-state index is 13.9. The maximum absolute atomic E-state index is 13.9. The van der Waals surface area contributed by atoms with Gasteiger partial charge in [-0.1, -0.05) is 29.3 Å². The molecule has 0 atom stereocenters. The number of aromatic hydroxyl groups is 1. The van der Waals surface area contributed by atoms with Crippen molar-refractivity contribution in [1.82, 2.24) is 89.4 Å². The molecule has 0 unspecified atom stereocenters. The fourth-order valence-electron chi connectivity index (χ4n) is 13.6. The second kappa shape index (κ2) is 33.1. The Balaban J connectivity index is 0.000000112. The lowest BCUT2D eigenvalue weighted by atomic mass is 10.1. The highest BCUT2D eigenvalue weighted by Gasteiger charge is 2.32. The highest BCUT2D eigenvalue weighted by Crippen LogP contribution is 2.37. The van der Waals surface area contributed by atoms with Crippen molar-refractivity contribution < 1.29 is 52.2 Å². The number of phenolic OH excluding ortho intramolecular Hbond substituents is 1. The van der Waals surface area contributed by atoms with Gasteiger partial charge in [-0.05, 0) is 155 Å². The van der Waals surface area contributed by atoms with E-state index in [1.54, 1.807) is 115 Å². The van der Waals surface area contributed by atoms with Crippen molar-refractivity contribution in [2.24, 2.45) is 0 Å². The number of carbonyl (C=O) groups is 8. The van der Waals surface area contributed by atoms with Crippen LogP contribution in [0.2, 0.25) is 10.0 Å². The van der Waals surface area contributed by atoms with Crippen LogP contribution in [0.25, 0.3) is 52.6 Å². The van der Waals surface area contributed by atoms with Crippen molar-refractivity contribution in [2.75, 3.05) is 42.5 Å². The molecule has 620 valence electrons. The number of nitrogens with one attached hydrogen (secondary N) is 12. The van der Waals surface area contributed by atoms with Gasteiger partial charge in [0.05, 0.1) is 66.9 Å². The number of halogens is 4. The predicted octanol–water partition coefficient (Wildman–Crippen LogP) is 11.7. The Morgan fingerprint density at radius 3 is 1.15 bits per heavy atom. The zero-order chi connectivity index (χ0) is 84.8. The van der Waals surface area contributed by atoms with Gasteiger partial charge in [0, 0.05) is 139 Å².